The van der Waals surface area contributed by atoms with Crippen LogP contribution in [0.25, 0.3) is 16.7 Å². The number of carbonyl (C=O) groups excluding carboxylic acids is 1. The van der Waals surface area contributed by atoms with Crippen LogP contribution in [0.1, 0.15) is 25.6 Å². The molecule has 0 atom stereocenters. The van der Waals surface area contributed by atoms with Crippen molar-refractivity contribution in [3.05, 3.63) is 64.7 Å². The Morgan fingerprint density at radius 1 is 1.00 bits per heavy atom. The minimum atomic E-state index is -0.355. The fourth-order valence-electron chi connectivity index (χ4n) is 3.41. The molecule has 0 spiro atoms. The Bertz CT molecular complexity index is 1290. The van der Waals surface area contributed by atoms with Crippen molar-refractivity contribution in [1.29, 1.82) is 0 Å². The number of fused-ring (bicyclic) bond motifs is 3. The number of aromatic nitrogens is 4. The van der Waals surface area contributed by atoms with E-state index >= 15 is 0 Å². The Balaban J connectivity index is 1.33. The lowest BCUT2D eigenvalue weighted by Gasteiger charge is -2.09. The SMILES string of the molecule is CCOc1ccc(OCCCC(=O)OCc2nnc3n(C)c(=O)c4ccccc4n23)cc1. The highest BCUT2D eigenvalue weighted by molar-refractivity contribution is 5.80. The number of para-hydroxylation sites is 1. The van der Waals surface area contributed by atoms with Crippen LogP contribution in [-0.2, 0) is 23.2 Å². The fraction of sp³-hybridized carbons (Fsp3) is 0.304. The predicted octanol–water partition coefficient (Wildman–Crippen LogP) is 2.88. The second kappa shape index (κ2) is 9.51. The zero-order valence-corrected chi connectivity index (χ0v) is 18.0. The lowest BCUT2D eigenvalue weighted by Crippen LogP contribution is -2.20. The summed E-state index contributed by atoms with van der Waals surface area (Å²) < 4.78 is 19.6. The zero-order chi connectivity index (χ0) is 22.5. The average Bonchev–Trinajstić information content (AvgIpc) is 3.24. The van der Waals surface area contributed by atoms with E-state index in [1.54, 1.807) is 23.6 Å². The molecule has 2 aromatic heterocycles. The van der Waals surface area contributed by atoms with Gasteiger partial charge >= 0.3 is 5.97 Å². The number of benzene rings is 2. The van der Waals surface area contributed by atoms with Crippen LogP contribution in [0.15, 0.2) is 53.3 Å². The summed E-state index contributed by atoms with van der Waals surface area (Å²) in [6.45, 7) is 2.90. The summed E-state index contributed by atoms with van der Waals surface area (Å²) in [5.41, 5.74) is 0.516. The third-order valence-electron chi connectivity index (χ3n) is 4.98. The van der Waals surface area contributed by atoms with Crippen LogP contribution < -0.4 is 15.0 Å². The molecule has 2 aromatic carbocycles. The number of rotatable bonds is 9. The molecule has 0 unspecified atom stereocenters. The van der Waals surface area contributed by atoms with Gasteiger partial charge in [-0.2, -0.15) is 0 Å². The quantitative estimate of drug-likeness (QED) is 0.294. The van der Waals surface area contributed by atoms with Crippen molar-refractivity contribution >= 4 is 22.6 Å². The lowest BCUT2D eigenvalue weighted by molar-refractivity contribution is -0.145. The summed E-state index contributed by atoms with van der Waals surface area (Å²) in [5, 5.41) is 8.75. The van der Waals surface area contributed by atoms with Crippen molar-refractivity contribution in [3.8, 4) is 11.5 Å². The van der Waals surface area contributed by atoms with E-state index in [9.17, 15) is 9.59 Å². The van der Waals surface area contributed by atoms with Gasteiger partial charge in [-0.15, -0.1) is 10.2 Å². The van der Waals surface area contributed by atoms with E-state index in [0.717, 1.165) is 5.75 Å². The molecule has 0 bridgehead atoms. The van der Waals surface area contributed by atoms with Gasteiger partial charge in [-0.25, -0.2) is 0 Å². The second-order valence-corrected chi connectivity index (χ2v) is 7.15. The minimum Gasteiger partial charge on any atom is -0.494 e. The molecule has 4 rings (SSSR count). The summed E-state index contributed by atoms with van der Waals surface area (Å²) in [6.07, 6.45) is 0.733. The largest absolute Gasteiger partial charge is 0.494 e. The highest BCUT2D eigenvalue weighted by Crippen LogP contribution is 2.18. The van der Waals surface area contributed by atoms with Gasteiger partial charge in [0.05, 0.1) is 24.1 Å². The molecule has 0 N–H and O–H groups in total. The first-order valence-electron chi connectivity index (χ1n) is 10.4. The highest BCUT2D eigenvalue weighted by atomic mass is 16.5. The maximum atomic E-state index is 12.5. The molecule has 0 saturated heterocycles. The summed E-state index contributed by atoms with van der Waals surface area (Å²) in [5.74, 6) is 1.99. The van der Waals surface area contributed by atoms with Crippen LogP contribution in [0.4, 0.5) is 0 Å². The molecule has 0 aliphatic heterocycles. The number of carbonyl (C=O) groups is 1. The van der Waals surface area contributed by atoms with E-state index < -0.39 is 0 Å². The van der Waals surface area contributed by atoms with Gasteiger partial charge in [0.1, 0.15) is 11.5 Å². The lowest BCUT2D eigenvalue weighted by atomic mass is 10.2. The first-order chi connectivity index (χ1) is 15.6. The third kappa shape index (κ3) is 4.41. The molecular formula is C23H24N4O5. The highest BCUT2D eigenvalue weighted by Gasteiger charge is 2.15. The Labute approximate surface area is 184 Å². The molecular weight excluding hydrogens is 412 g/mol. The van der Waals surface area contributed by atoms with Crippen molar-refractivity contribution in [2.75, 3.05) is 13.2 Å². The van der Waals surface area contributed by atoms with Crippen LogP contribution in [0.5, 0.6) is 11.5 Å². The van der Waals surface area contributed by atoms with Gasteiger partial charge in [-0.05, 0) is 49.7 Å². The standard InChI is InChI=1S/C23H24N4O5/c1-3-30-16-10-12-17(13-11-16)31-14-6-9-21(28)32-15-20-24-25-23-26(2)22(29)18-7-4-5-8-19(18)27(20)23/h4-5,7-8,10-13H,3,6,9,14-15H2,1-2H3. The maximum absolute atomic E-state index is 12.5. The minimum absolute atomic E-state index is 0.0397. The summed E-state index contributed by atoms with van der Waals surface area (Å²) in [4.78, 5) is 24.7. The summed E-state index contributed by atoms with van der Waals surface area (Å²) >= 11 is 0. The molecule has 9 heteroatoms. The van der Waals surface area contributed by atoms with Crippen molar-refractivity contribution in [2.24, 2.45) is 7.05 Å². The van der Waals surface area contributed by atoms with E-state index in [4.69, 9.17) is 14.2 Å². The van der Waals surface area contributed by atoms with Crippen molar-refractivity contribution in [3.63, 3.8) is 0 Å². The van der Waals surface area contributed by atoms with Crippen LogP contribution in [0.2, 0.25) is 0 Å². The Morgan fingerprint density at radius 3 is 2.47 bits per heavy atom. The number of ether oxygens (including phenoxy) is 3. The number of aryl methyl sites for hydroxylation is 1. The average molecular weight is 436 g/mol. The van der Waals surface area contributed by atoms with Crippen molar-refractivity contribution < 1.29 is 19.0 Å². The molecule has 2 heterocycles. The van der Waals surface area contributed by atoms with Gasteiger partial charge in [-0.3, -0.25) is 18.6 Å². The summed E-state index contributed by atoms with van der Waals surface area (Å²) in [7, 11) is 1.64. The second-order valence-electron chi connectivity index (χ2n) is 7.15. The molecule has 0 amide bonds. The van der Waals surface area contributed by atoms with E-state index in [1.165, 1.54) is 4.57 Å². The van der Waals surface area contributed by atoms with Gasteiger partial charge in [0, 0.05) is 13.5 Å². The van der Waals surface area contributed by atoms with Crippen LogP contribution in [-0.4, -0.2) is 38.3 Å². The monoisotopic (exact) mass is 436 g/mol. The number of nitrogens with zero attached hydrogens (tertiary/aromatic N) is 4. The normalized spacial score (nSPS) is 11.1. The molecule has 32 heavy (non-hydrogen) atoms. The van der Waals surface area contributed by atoms with Crippen LogP contribution >= 0.6 is 0 Å². The zero-order valence-electron chi connectivity index (χ0n) is 18.0. The van der Waals surface area contributed by atoms with E-state index in [1.807, 2.05) is 43.3 Å². The number of hydrogen-bond donors (Lipinski definition) is 0. The third-order valence-corrected chi connectivity index (χ3v) is 4.98. The molecule has 0 aliphatic carbocycles. The number of hydrogen-bond acceptors (Lipinski definition) is 7. The van der Waals surface area contributed by atoms with E-state index in [0.29, 0.717) is 47.9 Å². The maximum Gasteiger partial charge on any atom is 0.306 e. The number of esters is 1. The molecule has 9 nitrogen and oxygen atoms in total. The first kappa shape index (κ1) is 21.4. The van der Waals surface area contributed by atoms with Crippen LogP contribution in [0.3, 0.4) is 0 Å². The molecule has 0 saturated carbocycles. The Kier molecular flexibility index (Phi) is 6.34. The van der Waals surface area contributed by atoms with Crippen LogP contribution in [0, 0.1) is 0 Å². The smallest absolute Gasteiger partial charge is 0.306 e. The predicted molar refractivity (Wildman–Crippen MR) is 118 cm³/mol. The molecule has 0 aliphatic rings. The summed E-state index contributed by atoms with van der Waals surface area (Å²) in [6, 6.07) is 14.5. The van der Waals surface area contributed by atoms with E-state index in [2.05, 4.69) is 10.2 Å². The Hall–Kier alpha value is -3.88. The Morgan fingerprint density at radius 2 is 1.72 bits per heavy atom. The van der Waals surface area contributed by atoms with Gasteiger partial charge in [0.25, 0.3) is 5.56 Å². The van der Waals surface area contributed by atoms with Gasteiger partial charge in [-0.1, -0.05) is 12.1 Å². The first-order valence-corrected chi connectivity index (χ1v) is 10.4. The molecule has 0 fully saturated rings. The topological polar surface area (TPSA) is 96.9 Å². The van der Waals surface area contributed by atoms with Gasteiger partial charge in [0.2, 0.25) is 5.78 Å². The molecule has 166 valence electrons. The van der Waals surface area contributed by atoms with E-state index in [-0.39, 0.29) is 24.6 Å². The molecule has 4 aromatic rings. The van der Waals surface area contributed by atoms with Gasteiger partial charge < -0.3 is 14.2 Å². The fourth-order valence-corrected chi connectivity index (χ4v) is 3.41. The van der Waals surface area contributed by atoms with Crippen molar-refractivity contribution in [2.45, 2.75) is 26.4 Å². The molecule has 0 radical (unpaired) electrons. The van der Waals surface area contributed by atoms with Gasteiger partial charge in [0.15, 0.2) is 12.4 Å². The van der Waals surface area contributed by atoms with Crippen molar-refractivity contribution in [1.82, 2.24) is 19.2 Å².